The van der Waals surface area contributed by atoms with Gasteiger partial charge in [-0.15, -0.1) is 16.9 Å². The minimum atomic E-state index is -0.666. The lowest BCUT2D eigenvalue weighted by Gasteiger charge is -2.49. The zero-order valence-electron chi connectivity index (χ0n) is 17.6. The fourth-order valence-electron chi connectivity index (χ4n) is 3.82. The second-order valence-corrected chi connectivity index (χ2v) is 10.7. The Morgan fingerprint density at radius 1 is 1.15 bits per heavy atom. The largest absolute Gasteiger partial charge is 0.448 e. The van der Waals surface area contributed by atoms with Crippen LogP contribution in [-0.2, 0) is 19.1 Å². The molecular formula is C23H18N4O4S3. The Hall–Kier alpha value is -3.15. The molecule has 172 valence electrons. The van der Waals surface area contributed by atoms with Crippen molar-refractivity contribution in [2.75, 3.05) is 5.75 Å². The van der Waals surface area contributed by atoms with Gasteiger partial charge in [-0.1, -0.05) is 76.9 Å². The van der Waals surface area contributed by atoms with Crippen LogP contribution < -0.4 is 5.32 Å². The van der Waals surface area contributed by atoms with Gasteiger partial charge in [0.25, 0.3) is 5.91 Å². The number of fused-ring (bicyclic) bond motifs is 1. The standard InChI is InChI=1S/C23H18N4O4S3/c28-13-24-18-21(29)27-19(16(12-32-22(18)27)33-17-11-25-26-34-17)23(30)31-20(14-7-3-1-4-8-14)15-9-5-2-6-10-15/h1-11,13,18,20,22H,12H2,(H,24,28)/t18-,22+/m1/s1. The van der Waals surface area contributed by atoms with Crippen LogP contribution in [0.5, 0.6) is 0 Å². The number of carbonyl (C=O) groups is 3. The van der Waals surface area contributed by atoms with E-state index in [1.807, 2.05) is 60.7 Å². The molecule has 11 heteroatoms. The number of rotatable bonds is 8. The van der Waals surface area contributed by atoms with E-state index in [0.717, 1.165) is 15.3 Å². The first-order chi connectivity index (χ1) is 16.7. The number of β-lactam (4-membered cyclic amide) rings is 1. The number of nitrogens with zero attached hydrogens (tertiary/aromatic N) is 3. The van der Waals surface area contributed by atoms with Gasteiger partial charge in [0.05, 0.1) is 6.20 Å². The molecule has 1 saturated heterocycles. The van der Waals surface area contributed by atoms with Gasteiger partial charge in [-0.2, -0.15) is 0 Å². The van der Waals surface area contributed by atoms with Crippen LogP contribution in [0.3, 0.4) is 0 Å². The third kappa shape index (κ3) is 4.33. The van der Waals surface area contributed by atoms with Crippen molar-refractivity contribution in [2.24, 2.45) is 0 Å². The molecule has 5 rings (SSSR count). The number of esters is 1. The molecule has 2 amide bonds. The Morgan fingerprint density at radius 3 is 2.41 bits per heavy atom. The molecule has 1 N–H and O–H groups in total. The lowest BCUT2D eigenvalue weighted by molar-refractivity contribution is -0.154. The van der Waals surface area contributed by atoms with Crippen LogP contribution in [0.25, 0.3) is 0 Å². The highest BCUT2D eigenvalue weighted by atomic mass is 32.2. The van der Waals surface area contributed by atoms with Gasteiger partial charge in [0.15, 0.2) is 6.10 Å². The van der Waals surface area contributed by atoms with Gasteiger partial charge >= 0.3 is 5.97 Å². The lowest BCUT2D eigenvalue weighted by Crippen LogP contribution is -2.69. The molecule has 34 heavy (non-hydrogen) atoms. The molecular weight excluding hydrogens is 492 g/mol. The zero-order chi connectivity index (χ0) is 23.5. The van der Waals surface area contributed by atoms with Gasteiger partial charge in [0.1, 0.15) is 21.3 Å². The number of benzene rings is 2. The van der Waals surface area contributed by atoms with E-state index in [4.69, 9.17) is 4.74 Å². The van der Waals surface area contributed by atoms with Crippen molar-refractivity contribution in [3.05, 3.63) is 88.6 Å². The summed E-state index contributed by atoms with van der Waals surface area (Å²) in [4.78, 5) is 39.7. The molecule has 0 saturated carbocycles. The third-order valence-electron chi connectivity index (χ3n) is 5.37. The minimum absolute atomic E-state index is 0.202. The van der Waals surface area contributed by atoms with Crippen molar-refractivity contribution in [1.82, 2.24) is 19.8 Å². The van der Waals surface area contributed by atoms with Gasteiger partial charge in [0.2, 0.25) is 6.41 Å². The average molecular weight is 511 g/mol. The highest BCUT2D eigenvalue weighted by molar-refractivity contribution is 8.07. The zero-order valence-corrected chi connectivity index (χ0v) is 20.0. The summed E-state index contributed by atoms with van der Waals surface area (Å²) in [6, 6.07) is 18.3. The normalized spacial score (nSPS) is 19.4. The quantitative estimate of drug-likeness (QED) is 0.280. The van der Waals surface area contributed by atoms with Gasteiger partial charge in [-0.3, -0.25) is 14.5 Å². The highest BCUT2D eigenvalue weighted by Gasteiger charge is 2.54. The van der Waals surface area contributed by atoms with Crippen LogP contribution in [0.4, 0.5) is 0 Å². The maximum atomic E-state index is 13.7. The van der Waals surface area contributed by atoms with E-state index in [2.05, 4.69) is 14.9 Å². The molecule has 0 unspecified atom stereocenters. The van der Waals surface area contributed by atoms with Gasteiger partial charge in [-0.05, 0) is 22.7 Å². The molecule has 8 nitrogen and oxygen atoms in total. The van der Waals surface area contributed by atoms with Crippen LogP contribution >= 0.6 is 35.1 Å². The minimum Gasteiger partial charge on any atom is -0.448 e. The first-order valence-electron chi connectivity index (χ1n) is 10.3. The number of nitrogens with one attached hydrogen (secondary N) is 1. The molecule has 3 heterocycles. The monoisotopic (exact) mass is 510 g/mol. The van der Waals surface area contributed by atoms with E-state index in [1.54, 1.807) is 6.20 Å². The summed E-state index contributed by atoms with van der Waals surface area (Å²) in [5.41, 5.74) is 1.84. The van der Waals surface area contributed by atoms with E-state index < -0.39 is 18.1 Å². The molecule has 2 aromatic carbocycles. The Morgan fingerprint density at radius 2 is 1.82 bits per heavy atom. The summed E-state index contributed by atoms with van der Waals surface area (Å²) in [6.45, 7) is 0. The molecule has 2 atom stereocenters. The van der Waals surface area contributed by atoms with Crippen molar-refractivity contribution in [3.8, 4) is 0 Å². The molecule has 3 aromatic rings. The predicted molar refractivity (Wildman–Crippen MR) is 130 cm³/mol. The predicted octanol–water partition coefficient (Wildman–Crippen LogP) is 3.20. The van der Waals surface area contributed by atoms with Gasteiger partial charge in [0, 0.05) is 10.7 Å². The molecule has 0 spiro atoms. The van der Waals surface area contributed by atoms with E-state index >= 15 is 0 Å². The topological polar surface area (TPSA) is 101 Å². The van der Waals surface area contributed by atoms with Crippen molar-refractivity contribution in [1.29, 1.82) is 0 Å². The summed E-state index contributed by atoms with van der Waals surface area (Å²) >= 11 is 4.05. The third-order valence-corrected chi connectivity index (χ3v) is 8.66. The fourth-order valence-corrected chi connectivity index (χ4v) is 6.91. The van der Waals surface area contributed by atoms with Crippen molar-refractivity contribution >= 4 is 53.3 Å². The summed E-state index contributed by atoms with van der Waals surface area (Å²) in [7, 11) is 0. The molecule has 0 radical (unpaired) electrons. The number of thioether (sulfide) groups is 2. The van der Waals surface area contributed by atoms with E-state index in [1.165, 1.54) is 40.0 Å². The van der Waals surface area contributed by atoms with Crippen LogP contribution in [0.1, 0.15) is 17.2 Å². The molecule has 1 aromatic heterocycles. The summed E-state index contributed by atoms with van der Waals surface area (Å²) in [6.07, 6.45) is 1.48. The number of ether oxygens (including phenoxy) is 1. The van der Waals surface area contributed by atoms with Crippen molar-refractivity contribution in [2.45, 2.75) is 21.7 Å². The molecule has 0 aliphatic carbocycles. The van der Waals surface area contributed by atoms with Crippen LogP contribution in [0.15, 0.2) is 81.7 Å². The highest BCUT2D eigenvalue weighted by Crippen LogP contribution is 2.46. The first kappa shape index (κ1) is 22.6. The summed E-state index contributed by atoms with van der Waals surface area (Å²) < 4.78 is 10.8. The fraction of sp³-hybridized carbons (Fsp3) is 0.174. The number of carbonyl (C=O) groups excluding carboxylic acids is 3. The van der Waals surface area contributed by atoms with E-state index in [9.17, 15) is 14.4 Å². The Balaban J connectivity index is 1.50. The number of hydrogen-bond donors (Lipinski definition) is 1. The Labute approximate surface area is 207 Å². The Bertz CT molecular complexity index is 1180. The summed E-state index contributed by atoms with van der Waals surface area (Å²) in [5, 5.41) is 6.04. The molecule has 0 bridgehead atoms. The van der Waals surface area contributed by atoms with Crippen molar-refractivity contribution in [3.63, 3.8) is 0 Å². The second kappa shape index (κ2) is 10.00. The van der Waals surface area contributed by atoms with E-state index in [0.29, 0.717) is 17.1 Å². The lowest BCUT2D eigenvalue weighted by atomic mass is 10.0. The average Bonchev–Trinajstić information content (AvgIpc) is 3.39. The van der Waals surface area contributed by atoms with Gasteiger partial charge < -0.3 is 10.1 Å². The number of aromatic nitrogens is 2. The molecule has 1 fully saturated rings. The van der Waals surface area contributed by atoms with Crippen LogP contribution in [-0.4, -0.2) is 49.9 Å². The molecule has 2 aliphatic heterocycles. The van der Waals surface area contributed by atoms with E-state index in [-0.39, 0.29) is 17.0 Å². The van der Waals surface area contributed by atoms with Crippen molar-refractivity contribution < 1.29 is 19.1 Å². The molecule has 2 aliphatic rings. The maximum Gasteiger partial charge on any atom is 0.356 e. The first-order valence-corrected chi connectivity index (χ1v) is 12.9. The summed E-state index contributed by atoms with van der Waals surface area (Å²) in [5.74, 6) is -0.451. The second-order valence-electron chi connectivity index (χ2n) is 7.39. The van der Waals surface area contributed by atoms with Crippen LogP contribution in [0.2, 0.25) is 0 Å². The smallest absolute Gasteiger partial charge is 0.356 e. The Kier molecular flexibility index (Phi) is 6.66. The maximum absolute atomic E-state index is 13.7. The van der Waals surface area contributed by atoms with Gasteiger partial charge in [-0.25, -0.2) is 4.79 Å². The SMILES string of the molecule is O=CN[C@@H]1C(=O)N2C(C(=O)OC(c3ccccc3)c3ccccc3)=C(Sc3cnns3)CS[C@@H]12. The van der Waals surface area contributed by atoms with Crippen LogP contribution in [0, 0.1) is 0 Å². The number of hydrogen-bond acceptors (Lipinski definition) is 9. The number of amides is 2.